The number of likely N-dealkylation sites (N-methyl/N-ethyl adjacent to an activating group) is 1. The van der Waals surface area contributed by atoms with Gasteiger partial charge in [-0.15, -0.1) is 0 Å². The van der Waals surface area contributed by atoms with Crippen LogP contribution in [0.2, 0.25) is 0 Å². The quantitative estimate of drug-likeness (QED) is 0.815. The largest absolute Gasteiger partial charge is 0.492 e. The lowest BCUT2D eigenvalue weighted by atomic mass is 9.92. The van der Waals surface area contributed by atoms with Crippen molar-refractivity contribution in [3.8, 4) is 11.8 Å². The normalized spacial score (nSPS) is 15.7. The number of hydrogen-bond donors (Lipinski definition) is 0. The van der Waals surface area contributed by atoms with E-state index in [1.165, 1.54) is 36.8 Å². The third-order valence-electron chi connectivity index (χ3n) is 3.82. The van der Waals surface area contributed by atoms with Crippen LogP contribution in [0.4, 0.5) is 0 Å². The molecule has 1 atom stereocenters. The van der Waals surface area contributed by atoms with Crippen molar-refractivity contribution in [1.29, 1.82) is 5.26 Å². The van der Waals surface area contributed by atoms with Crippen LogP contribution in [0.25, 0.3) is 0 Å². The van der Waals surface area contributed by atoms with Crippen LogP contribution in [-0.2, 0) is 12.8 Å². The van der Waals surface area contributed by atoms with E-state index in [1.807, 2.05) is 19.0 Å². The van der Waals surface area contributed by atoms with Crippen LogP contribution in [-0.4, -0.2) is 31.6 Å². The number of benzene rings is 1. The fourth-order valence-corrected chi connectivity index (χ4v) is 2.49. The van der Waals surface area contributed by atoms with E-state index < -0.39 is 0 Å². The van der Waals surface area contributed by atoms with Crippen LogP contribution in [0, 0.1) is 11.3 Å². The molecule has 19 heavy (non-hydrogen) atoms. The maximum absolute atomic E-state index is 8.81. The van der Waals surface area contributed by atoms with Gasteiger partial charge < -0.3 is 9.64 Å². The zero-order valence-corrected chi connectivity index (χ0v) is 11.9. The molecule has 0 amide bonds. The van der Waals surface area contributed by atoms with E-state index in [1.54, 1.807) is 0 Å². The molecule has 1 aliphatic rings. The lowest BCUT2D eigenvalue weighted by molar-refractivity contribution is 0.188. The smallest absolute Gasteiger partial charge is 0.119 e. The molecule has 3 nitrogen and oxygen atoms in total. The van der Waals surface area contributed by atoms with Gasteiger partial charge >= 0.3 is 0 Å². The van der Waals surface area contributed by atoms with Crippen LogP contribution in [0.15, 0.2) is 18.2 Å². The first-order chi connectivity index (χ1) is 9.20. The number of nitriles is 1. The minimum Gasteiger partial charge on any atom is -0.492 e. The molecule has 0 fully saturated rings. The molecule has 0 saturated carbocycles. The van der Waals surface area contributed by atoms with Gasteiger partial charge in [0, 0.05) is 0 Å². The molecule has 0 spiro atoms. The van der Waals surface area contributed by atoms with Gasteiger partial charge in [0.2, 0.25) is 0 Å². The average Bonchev–Trinajstić information content (AvgIpc) is 2.43. The van der Waals surface area contributed by atoms with Gasteiger partial charge in [0.05, 0.1) is 18.5 Å². The van der Waals surface area contributed by atoms with E-state index in [2.05, 4.69) is 24.3 Å². The number of aryl methyl sites for hydroxylation is 2. The fraction of sp³-hybridized carbons (Fsp3) is 0.562. The summed E-state index contributed by atoms with van der Waals surface area (Å²) >= 11 is 0. The van der Waals surface area contributed by atoms with Crippen molar-refractivity contribution in [2.75, 3.05) is 20.7 Å². The summed E-state index contributed by atoms with van der Waals surface area (Å²) in [6.45, 7) is 0.569. The average molecular weight is 258 g/mol. The first-order valence-corrected chi connectivity index (χ1v) is 6.98. The molecule has 1 unspecified atom stereocenters. The highest BCUT2D eigenvalue weighted by molar-refractivity contribution is 5.37. The number of rotatable bonds is 5. The van der Waals surface area contributed by atoms with Crippen molar-refractivity contribution >= 4 is 0 Å². The summed E-state index contributed by atoms with van der Waals surface area (Å²) < 4.78 is 5.86. The van der Waals surface area contributed by atoms with E-state index in [9.17, 15) is 0 Å². The summed E-state index contributed by atoms with van der Waals surface area (Å²) in [4.78, 5) is 2.04. The summed E-state index contributed by atoms with van der Waals surface area (Å²) in [5.74, 6) is 0.936. The maximum Gasteiger partial charge on any atom is 0.119 e. The van der Waals surface area contributed by atoms with Gasteiger partial charge in [-0.25, -0.2) is 0 Å². The zero-order valence-electron chi connectivity index (χ0n) is 11.9. The minimum absolute atomic E-state index is 0.154. The van der Waals surface area contributed by atoms with E-state index in [4.69, 9.17) is 10.00 Å². The second-order valence-corrected chi connectivity index (χ2v) is 5.43. The summed E-state index contributed by atoms with van der Waals surface area (Å²) in [5.41, 5.74) is 2.91. The van der Waals surface area contributed by atoms with Gasteiger partial charge in [-0.3, -0.25) is 0 Å². The first-order valence-electron chi connectivity index (χ1n) is 6.98. The van der Waals surface area contributed by atoms with Crippen LogP contribution in [0.1, 0.15) is 30.4 Å². The Morgan fingerprint density at radius 1 is 1.26 bits per heavy atom. The summed E-state index contributed by atoms with van der Waals surface area (Å²) in [7, 11) is 3.97. The van der Waals surface area contributed by atoms with Crippen molar-refractivity contribution in [3.63, 3.8) is 0 Å². The van der Waals surface area contributed by atoms with E-state index in [0.29, 0.717) is 13.0 Å². The van der Waals surface area contributed by atoms with E-state index in [-0.39, 0.29) is 6.04 Å². The van der Waals surface area contributed by atoms with Crippen LogP contribution >= 0.6 is 0 Å². The molecule has 0 N–H and O–H groups in total. The van der Waals surface area contributed by atoms with Crippen molar-refractivity contribution < 1.29 is 4.74 Å². The molecule has 1 aromatic rings. The van der Waals surface area contributed by atoms with Crippen molar-refractivity contribution in [1.82, 2.24) is 4.90 Å². The van der Waals surface area contributed by atoms with Crippen molar-refractivity contribution in [2.45, 2.75) is 38.1 Å². The fourth-order valence-electron chi connectivity index (χ4n) is 2.49. The zero-order chi connectivity index (χ0) is 13.7. The molecule has 3 heteroatoms. The number of nitrogens with zero attached hydrogens (tertiary/aromatic N) is 2. The number of hydrogen-bond acceptors (Lipinski definition) is 3. The Kier molecular flexibility index (Phi) is 4.81. The highest BCUT2D eigenvalue weighted by Crippen LogP contribution is 2.25. The van der Waals surface area contributed by atoms with E-state index in [0.717, 1.165) is 5.75 Å². The monoisotopic (exact) mass is 258 g/mol. The third-order valence-corrected chi connectivity index (χ3v) is 3.82. The molecular weight excluding hydrogens is 236 g/mol. The minimum atomic E-state index is 0.154. The molecule has 0 aromatic heterocycles. The number of fused-ring (bicyclic) bond motifs is 1. The standard InChI is InChI=1S/C16H22N2O/c1-18(2)15(9-10-17)12-19-16-8-7-13-5-3-4-6-14(13)11-16/h7-8,11,15H,3-6,9,12H2,1-2H3. The Labute approximate surface area is 115 Å². The lowest BCUT2D eigenvalue weighted by Gasteiger charge is -2.22. The van der Waals surface area contributed by atoms with Gasteiger partial charge in [0.25, 0.3) is 0 Å². The Balaban J connectivity index is 1.97. The predicted octanol–water partition coefficient (Wildman–Crippen LogP) is 2.79. The van der Waals surface area contributed by atoms with Gasteiger partial charge in [-0.2, -0.15) is 5.26 Å². The SMILES string of the molecule is CN(C)C(CC#N)COc1ccc2c(c1)CCCC2. The molecular formula is C16H22N2O. The molecule has 0 saturated heterocycles. The van der Waals surface area contributed by atoms with Crippen LogP contribution < -0.4 is 4.74 Å². The Hall–Kier alpha value is -1.53. The maximum atomic E-state index is 8.81. The van der Waals surface area contributed by atoms with Gasteiger partial charge in [-0.1, -0.05) is 6.07 Å². The molecule has 0 bridgehead atoms. The van der Waals surface area contributed by atoms with Gasteiger partial charge in [0.1, 0.15) is 12.4 Å². The topological polar surface area (TPSA) is 36.3 Å². The predicted molar refractivity (Wildman–Crippen MR) is 76.3 cm³/mol. The molecule has 1 aromatic carbocycles. The first kappa shape index (κ1) is 13.9. The second-order valence-electron chi connectivity index (χ2n) is 5.43. The lowest BCUT2D eigenvalue weighted by Crippen LogP contribution is -2.33. The molecule has 1 aliphatic carbocycles. The highest BCUT2D eigenvalue weighted by atomic mass is 16.5. The Morgan fingerprint density at radius 3 is 2.68 bits per heavy atom. The van der Waals surface area contributed by atoms with Crippen LogP contribution in [0.5, 0.6) is 5.75 Å². The highest BCUT2D eigenvalue weighted by Gasteiger charge is 2.13. The van der Waals surface area contributed by atoms with Crippen molar-refractivity contribution in [3.05, 3.63) is 29.3 Å². The second kappa shape index (κ2) is 6.58. The molecule has 0 aliphatic heterocycles. The number of ether oxygens (including phenoxy) is 1. The summed E-state index contributed by atoms with van der Waals surface area (Å²) in [6, 6.07) is 8.79. The molecule has 2 rings (SSSR count). The molecule has 0 radical (unpaired) electrons. The summed E-state index contributed by atoms with van der Waals surface area (Å²) in [5, 5.41) is 8.81. The summed E-state index contributed by atoms with van der Waals surface area (Å²) in [6.07, 6.45) is 5.45. The Morgan fingerprint density at radius 2 is 2.00 bits per heavy atom. The van der Waals surface area contributed by atoms with Crippen molar-refractivity contribution in [2.24, 2.45) is 0 Å². The van der Waals surface area contributed by atoms with Gasteiger partial charge in [-0.05, 0) is 63.0 Å². The third kappa shape index (κ3) is 3.71. The molecule has 0 heterocycles. The Bertz CT molecular complexity index is 462. The molecule has 102 valence electrons. The van der Waals surface area contributed by atoms with Gasteiger partial charge in [0.15, 0.2) is 0 Å². The van der Waals surface area contributed by atoms with Crippen LogP contribution in [0.3, 0.4) is 0 Å². The van der Waals surface area contributed by atoms with E-state index >= 15 is 0 Å².